The Balaban J connectivity index is 0.000000550. The van der Waals surface area contributed by atoms with E-state index in [1.165, 1.54) is 6.42 Å². The Kier molecular flexibility index (Phi) is 6.40. The molecule has 3 nitrogen and oxygen atoms in total. The molecule has 2 rings (SSSR count). The lowest BCUT2D eigenvalue weighted by atomic mass is 10.1. The number of benzene rings is 1. The smallest absolute Gasteiger partial charge is 0.223 e. The van der Waals surface area contributed by atoms with Crippen LogP contribution in [-0.2, 0) is 11.3 Å². The van der Waals surface area contributed by atoms with Gasteiger partial charge in [0, 0.05) is 25.1 Å². The number of amides is 1. The van der Waals surface area contributed by atoms with Gasteiger partial charge in [-0.15, -0.1) is 0 Å². The first kappa shape index (κ1) is 15.5. The van der Waals surface area contributed by atoms with E-state index < -0.39 is 0 Å². The molecule has 1 aromatic rings. The standard InChI is InChI=1S/C13H17NO2.C3H8/c1-10-7-13(15)14(8-10)9-11-5-3-4-6-12(11)16-2;1-3-2/h3-6,10H,7-9H2,1-2H3;3H2,1-2H3. The van der Waals surface area contributed by atoms with Crippen molar-refractivity contribution in [2.45, 2.75) is 40.2 Å². The van der Waals surface area contributed by atoms with E-state index in [9.17, 15) is 4.79 Å². The van der Waals surface area contributed by atoms with Crippen molar-refractivity contribution in [1.82, 2.24) is 4.90 Å². The van der Waals surface area contributed by atoms with Crippen LogP contribution in [0.25, 0.3) is 0 Å². The maximum Gasteiger partial charge on any atom is 0.223 e. The van der Waals surface area contributed by atoms with Gasteiger partial charge in [-0.25, -0.2) is 0 Å². The average Bonchev–Trinajstić information content (AvgIpc) is 2.69. The normalized spacial score (nSPS) is 18.0. The van der Waals surface area contributed by atoms with Crippen LogP contribution in [0.1, 0.15) is 39.2 Å². The van der Waals surface area contributed by atoms with Crippen LogP contribution >= 0.6 is 0 Å². The van der Waals surface area contributed by atoms with Crippen LogP contribution in [0.2, 0.25) is 0 Å². The lowest BCUT2D eigenvalue weighted by molar-refractivity contribution is -0.128. The highest BCUT2D eigenvalue weighted by Gasteiger charge is 2.26. The molecule has 1 fully saturated rings. The Morgan fingerprint density at radius 2 is 1.95 bits per heavy atom. The average molecular weight is 263 g/mol. The lowest BCUT2D eigenvalue weighted by Crippen LogP contribution is -2.24. The van der Waals surface area contributed by atoms with Crippen LogP contribution in [0, 0.1) is 5.92 Å². The number of ether oxygens (including phenoxy) is 1. The van der Waals surface area contributed by atoms with Crippen molar-refractivity contribution < 1.29 is 9.53 Å². The van der Waals surface area contributed by atoms with Gasteiger partial charge in [0.1, 0.15) is 5.75 Å². The fourth-order valence-corrected chi connectivity index (χ4v) is 2.16. The molecule has 0 aromatic heterocycles. The van der Waals surface area contributed by atoms with E-state index in [-0.39, 0.29) is 5.91 Å². The highest BCUT2D eigenvalue weighted by molar-refractivity contribution is 5.78. The second kappa shape index (κ2) is 7.82. The molecular formula is C16H25NO2. The number of hydrogen-bond acceptors (Lipinski definition) is 2. The molecule has 0 bridgehead atoms. The van der Waals surface area contributed by atoms with Crippen molar-refractivity contribution in [3.63, 3.8) is 0 Å². The van der Waals surface area contributed by atoms with E-state index in [0.29, 0.717) is 18.9 Å². The Labute approximate surface area is 116 Å². The van der Waals surface area contributed by atoms with Crippen molar-refractivity contribution in [1.29, 1.82) is 0 Å². The number of carbonyl (C=O) groups excluding carboxylic acids is 1. The highest BCUT2D eigenvalue weighted by atomic mass is 16.5. The summed E-state index contributed by atoms with van der Waals surface area (Å²) in [6.07, 6.45) is 1.93. The Morgan fingerprint density at radius 1 is 1.32 bits per heavy atom. The second-order valence-corrected chi connectivity index (χ2v) is 5.10. The molecule has 106 valence electrons. The Bertz CT molecular complexity index is 403. The van der Waals surface area contributed by atoms with Crippen molar-refractivity contribution in [3.8, 4) is 5.75 Å². The van der Waals surface area contributed by atoms with Crippen LogP contribution in [0.15, 0.2) is 24.3 Å². The summed E-state index contributed by atoms with van der Waals surface area (Å²) in [5.41, 5.74) is 1.08. The van der Waals surface area contributed by atoms with Gasteiger partial charge in [0.2, 0.25) is 5.91 Å². The maximum atomic E-state index is 11.7. The number of para-hydroxylation sites is 1. The third kappa shape index (κ3) is 4.58. The predicted octanol–water partition coefficient (Wildman–Crippen LogP) is 3.48. The van der Waals surface area contributed by atoms with Gasteiger partial charge < -0.3 is 9.64 Å². The number of nitrogens with zero attached hydrogens (tertiary/aromatic N) is 1. The first-order chi connectivity index (χ1) is 9.12. The quantitative estimate of drug-likeness (QED) is 0.835. The van der Waals surface area contributed by atoms with Crippen LogP contribution in [0.3, 0.4) is 0 Å². The molecule has 1 saturated heterocycles. The molecule has 1 unspecified atom stereocenters. The Hall–Kier alpha value is -1.51. The van der Waals surface area contributed by atoms with Gasteiger partial charge in [-0.1, -0.05) is 45.4 Å². The third-order valence-electron chi connectivity index (χ3n) is 2.96. The molecule has 3 heteroatoms. The first-order valence-electron chi connectivity index (χ1n) is 7.02. The fourth-order valence-electron chi connectivity index (χ4n) is 2.16. The van der Waals surface area contributed by atoms with Gasteiger partial charge in [0.15, 0.2) is 0 Å². The predicted molar refractivity (Wildman–Crippen MR) is 78.2 cm³/mol. The first-order valence-corrected chi connectivity index (χ1v) is 7.02. The third-order valence-corrected chi connectivity index (χ3v) is 2.96. The zero-order valence-electron chi connectivity index (χ0n) is 12.5. The van der Waals surface area contributed by atoms with E-state index in [1.807, 2.05) is 29.2 Å². The molecular weight excluding hydrogens is 238 g/mol. The molecule has 0 spiro atoms. The van der Waals surface area contributed by atoms with Crippen molar-refractivity contribution in [3.05, 3.63) is 29.8 Å². The number of carbonyl (C=O) groups is 1. The number of hydrogen-bond donors (Lipinski definition) is 0. The van der Waals surface area contributed by atoms with Gasteiger partial charge in [-0.2, -0.15) is 0 Å². The topological polar surface area (TPSA) is 29.5 Å². The van der Waals surface area contributed by atoms with Gasteiger partial charge >= 0.3 is 0 Å². The summed E-state index contributed by atoms with van der Waals surface area (Å²) in [5, 5.41) is 0. The summed E-state index contributed by atoms with van der Waals surface area (Å²) in [7, 11) is 1.66. The second-order valence-electron chi connectivity index (χ2n) is 5.10. The molecule has 0 aliphatic carbocycles. The summed E-state index contributed by atoms with van der Waals surface area (Å²) in [6.45, 7) is 7.88. The number of likely N-dealkylation sites (tertiary alicyclic amines) is 1. The molecule has 1 amide bonds. The summed E-state index contributed by atoms with van der Waals surface area (Å²) >= 11 is 0. The van der Waals surface area contributed by atoms with E-state index >= 15 is 0 Å². The minimum atomic E-state index is 0.249. The zero-order valence-corrected chi connectivity index (χ0v) is 12.5. The van der Waals surface area contributed by atoms with Crippen molar-refractivity contribution >= 4 is 5.91 Å². The monoisotopic (exact) mass is 263 g/mol. The van der Waals surface area contributed by atoms with Crippen LogP contribution in [-0.4, -0.2) is 24.5 Å². The Morgan fingerprint density at radius 3 is 2.47 bits per heavy atom. The molecule has 19 heavy (non-hydrogen) atoms. The summed E-state index contributed by atoms with van der Waals surface area (Å²) in [5.74, 6) is 1.58. The molecule has 0 saturated carbocycles. The van der Waals surface area contributed by atoms with E-state index in [2.05, 4.69) is 20.8 Å². The van der Waals surface area contributed by atoms with Gasteiger partial charge in [0.25, 0.3) is 0 Å². The SMILES string of the molecule is CCC.COc1ccccc1CN1CC(C)CC1=O. The molecule has 1 heterocycles. The molecule has 1 aliphatic rings. The summed E-state index contributed by atoms with van der Waals surface area (Å²) in [4.78, 5) is 13.6. The van der Waals surface area contributed by atoms with Gasteiger partial charge in [-0.3, -0.25) is 4.79 Å². The number of rotatable bonds is 3. The minimum absolute atomic E-state index is 0.249. The van der Waals surface area contributed by atoms with Crippen molar-refractivity contribution in [2.75, 3.05) is 13.7 Å². The van der Waals surface area contributed by atoms with Crippen LogP contribution in [0.5, 0.6) is 5.75 Å². The van der Waals surface area contributed by atoms with Gasteiger partial charge in [0.05, 0.1) is 7.11 Å². The maximum absolute atomic E-state index is 11.7. The molecule has 1 aliphatic heterocycles. The summed E-state index contributed by atoms with van der Waals surface area (Å²) < 4.78 is 5.28. The largest absolute Gasteiger partial charge is 0.496 e. The summed E-state index contributed by atoms with van der Waals surface area (Å²) in [6, 6.07) is 7.85. The fraction of sp³-hybridized carbons (Fsp3) is 0.562. The highest BCUT2D eigenvalue weighted by Crippen LogP contribution is 2.24. The van der Waals surface area contributed by atoms with Crippen LogP contribution < -0.4 is 4.74 Å². The zero-order chi connectivity index (χ0) is 14.3. The van der Waals surface area contributed by atoms with E-state index in [1.54, 1.807) is 7.11 Å². The van der Waals surface area contributed by atoms with E-state index in [0.717, 1.165) is 17.9 Å². The van der Waals surface area contributed by atoms with Crippen LogP contribution in [0.4, 0.5) is 0 Å². The molecule has 0 N–H and O–H groups in total. The van der Waals surface area contributed by atoms with Crippen molar-refractivity contribution in [2.24, 2.45) is 5.92 Å². The molecule has 1 aromatic carbocycles. The number of methoxy groups -OCH3 is 1. The molecule has 0 radical (unpaired) electrons. The minimum Gasteiger partial charge on any atom is -0.496 e. The lowest BCUT2D eigenvalue weighted by Gasteiger charge is -2.17. The van der Waals surface area contributed by atoms with E-state index in [4.69, 9.17) is 4.74 Å². The van der Waals surface area contributed by atoms with Gasteiger partial charge in [-0.05, 0) is 12.0 Å². The molecule has 1 atom stereocenters.